The molecular formula is C21H32ClN6O9P. The molecule has 212 valence electrons. The lowest BCUT2D eigenvalue weighted by molar-refractivity contribution is -0.130. The Kier molecular flexibility index (Phi) is 10.7. The van der Waals surface area contributed by atoms with Gasteiger partial charge >= 0.3 is 13.8 Å². The van der Waals surface area contributed by atoms with Gasteiger partial charge in [-0.2, -0.15) is 9.97 Å². The van der Waals surface area contributed by atoms with E-state index >= 15 is 0 Å². The van der Waals surface area contributed by atoms with Crippen LogP contribution in [0, 0.1) is 0 Å². The number of halogens is 1. The molecule has 0 aliphatic heterocycles. The number of aliphatic hydroxyl groups is 1. The third-order valence-electron chi connectivity index (χ3n) is 6.06. The van der Waals surface area contributed by atoms with Crippen LogP contribution in [0.5, 0.6) is 0 Å². The maximum Gasteiger partial charge on any atom is 0.510 e. The molecule has 1 saturated carbocycles. The minimum atomic E-state index is -4.41. The molecule has 0 bridgehead atoms. The first-order valence-electron chi connectivity index (χ1n) is 11.8. The van der Waals surface area contributed by atoms with Crippen LogP contribution in [-0.2, 0) is 34.6 Å². The largest absolute Gasteiger partial charge is 0.510 e. The first kappa shape index (κ1) is 30.0. The second-order valence-electron chi connectivity index (χ2n) is 8.79. The van der Waals surface area contributed by atoms with Crippen LogP contribution < -0.4 is 5.32 Å². The van der Waals surface area contributed by atoms with Gasteiger partial charge in [0, 0.05) is 26.7 Å². The number of fused-ring (bicyclic) bond motifs is 1. The summed E-state index contributed by atoms with van der Waals surface area (Å²) in [7, 11) is -0.605. The molecule has 17 heteroatoms. The van der Waals surface area contributed by atoms with E-state index in [2.05, 4.69) is 34.3 Å². The summed E-state index contributed by atoms with van der Waals surface area (Å²) in [4.78, 5) is 47.3. The minimum absolute atomic E-state index is 0.0136. The highest BCUT2D eigenvalue weighted by Gasteiger charge is 2.30. The SMILES string of the molecule is COC(=O)OCOP(=O)(O)CC(=O)N(C)C[C@@H](OC)[C@@H](O)Cn1cnc2c(NC3CCCC3)nc(Cl)nc21. The number of carbonyl (C=O) groups excluding carboxylic acids is 2. The number of rotatable bonds is 13. The summed E-state index contributed by atoms with van der Waals surface area (Å²) >= 11 is 6.16. The van der Waals surface area contributed by atoms with E-state index in [9.17, 15) is 24.2 Å². The van der Waals surface area contributed by atoms with E-state index in [4.69, 9.17) is 16.3 Å². The number of nitrogens with zero attached hydrogens (tertiary/aromatic N) is 5. The van der Waals surface area contributed by atoms with Gasteiger partial charge in [0.2, 0.25) is 18.0 Å². The second kappa shape index (κ2) is 13.5. The van der Waals surface area contributed by atoms with Gasteiger partial charge in [0.15, 0.2) is 17.0 Å². The zero-order valence-corrected chi connectivity index (χ0v) is 22.9. The molecular weight excluding hydrogens is 547 g/mol. The third kappa shape index (κ3) is 8.22. The summed E-state index contributed by atoms with van der Waals surface area (Å²) in [5, 5.41) is 14.3. The Hall–Kier alpha value is -2.55. The van der Waals surface area contributed by atoms with Crippen molar-refractivity contribution >= 4 is 48.2 Å². The highest BCUT2D eigenvalue weighted by Crippen LogP contribution is 2.41. The van der Waals surface area contributed by atoms with Crippen LogP contribution >= 0.6 is 19.2 Å². The zero-order valence-electron chi connectivity index (χ0n) is 21.3. The average molecular weight is 579 g/mol. The molecule has 38 heavy (non-hydrogen) atoms. The fraction of sp³-hybridized carbons (Fsp3) is 0.667. The number of aromatic nitrogens is 4. The lowest BCUT2D eigenvalue weighted by Gasteiger charge is -2.27. The number of methoxy groups -OCH3 is 2. The van der Waals surface area contributed by atoms with Gasteiger partial charge in [0.1, 0.15) is 12.3 Å². The van der Waals surface area contributed by atoms with Gasteiger partial charge in [-0.05, 0) is 24.4 Å². The molecule has 2 aromatic rings. The number of anilines is 1. The molecule has 0 radical (unpaired) electrons. The van der Waals surface area contributed by atoms with E-state index in [1.165, 1.54) is 20.5 Å². The fourth-order valence-corrected chi connectivity index (χ4v) is 5.07. The molecule has 0 saturated heterocycles. The summed E-state index contributed by atoms with van der Waals surface area (Å²) in [6, 6.07) is 0.283. The molecule has 1 fully saturated rings. The predicted molar refractivity (Wildman–Crippen MR) is 135 cm³/mol. The van der Waals surface area contributed by atoms with Crippen molar-refractivity contribution in [2.24, 2.45) is 0 Å². The van der Waals surface area contributed by atoms with Crippen LogP contribution in [0.25, 0.3) is 11.2 Å². The lowest BCUT2D eigenvalue weighted by atomic mass is 10.2. The number of amides is 1. The molecule has 3 rings (SSSR count). The van der Waals surface area contributed by atoms with E-state index in [1.807, 2.05) is 0 Å². The Bertz CT molecular complexity index is 1160. The van der Waals surface area contributed by atoms with E-state index in [0.717, 1.165) is 37.7 Å². The van der Waals surface area contributed by atoms with Crippen molar-refractivity contribution < 1.29 is 42.9 Å². The first-order valence-corrected chi connectivity index (χ1v) is 13.9. The van der Waals surface area contributed by atoms with Crippen LogP contribution in [0.3, 0.4) is 0 Å². The maximum absolute atomic E-state index is 12.5. The number of aliphatic hydroxyl groups excluding tert-OH is 1. The van der Waals surface area contributed by atoms with Crippen molar-refractivity contribution in [1.29, 1.82) is 0 Å². The zero-order chi connectivity index (χ0) is 27.9. The summed E-state index contributed by atoms with van der Waals surface area (Å²) in [5.41, 5.74) is 0.945. The minimum Gasteiger partial charge on any atom is -0.438 e. The molecule has 0 spiro atoms. The average Bonchev–Trinajstić information content (AvgIpc) is 3.51. The van der Waals surface area contributed by atoms with Gasteiger partial charge in [-0.25, -0.2) is 9.78 Å². The standard InChI is InChI=1S/C21H32ClN6O9P/c1-27(16(30)10-38(32,33)37-12-36-21(31)35-3)9-15(34-2)14(29)8-28-11-23-17-18(24-13-6-4-5-7-13)25-20(22)26-19(17)28/h11,13-15,29H,4-10,12H2,1-3H3,(H,32,33)(H,24,25,26)/t14-,15+/m0/s1. The molecule has 3 N–H and O–H groups in total. The van der Waals surface area contributed by atoms with Crippen molar-refractivity contribution in [3.8, 4) is 0 Å². The lowest BCUT2D eigenvalue weighted by Crippen LogP contribution is -2.43. The Morgan fingerprint density at radius 1 is 1.32 bits per heavy atom. The Balaban J connectivity index is 1.61. The monoisotopic (exact) mass is 578 g/mol. The van der Waals surface area contributed by atoms with E-state index < -0.39 is 44.8 Å². The molecule has 1 aliphatic carbocycles. The van der Waals surface area contributed by atoms with Gasteiger partial charge in [-0.3, -0.25) is 13.9 Å². The number of nitrogens with one attached hydrogen (secondary N) is 1. The quantitative estimate of drug-likeness (QED) is 0.135. The van der Waals surface area contributed by atoms with Crippen molar-refractivity contribution in [2.45, 2.75) is 50.5 Å². The molecule has 3 atom stereocenters. The van der Waals surface area contributed by atoms with Crippen LogP contribution in [0.1, 0.15) is 25.7 Å². The van der Waals surface area contributed by atoms with E-state index in [1.54, 1.807) is 4.57 Å². The Morgan fingerprint density at radius 2 is 2.03 bits per heavy atom. The van der Waals surface area contributed by atoms with Gasteiger partial charge in [-0.15, -0.1) is 0 Å². The van der Waals surface area contributed by atoms with Crippen molar-refractivity contribution in [2.75, 3.05) is 46.1 Å². The molecule has 0 aromatic carbocycles. The Morgan fingerprint density at radius 3 is 2.68 bits per heavy atom. The maximum atomic E-state index is 12.5. The van der Waals surface area contributed by atoms with Crippen LogP contribution in [0.15, 0.2) is 6.33 Å². The highest BCUT2D eigenvalue weighted by molar-refractivity contribution is 7.53. The van der Waals surface area contributed by atoms with Crippen molar-refractivity contribution in [1.82, 2.24) is 24.4 Å². The topological polar surface area (TPSA) is 187 Å². The second-order valence-corrected chi connectivity index (χ2v) is 11.0. The first-order chi connectivity index (χ1) is 18.0. The molecule has 1 aliphatic rings. The van der Waals surface area contributed by atoms with Gasteiger partial charge in [-0.1, -0.05) is 12.8 Å². The van der Waals surface area contributed by atoms with E-state index in [-0.39, 0.29) is 24.4 Å². The number of hydrogen-bond donors (Lipinski definition) is 3. The van der Waals surface area contributed by atoms with Gasteiger partial charge in [0.25, 0.3) is 0 Å². The fourth-order valence-electron chi connectivity index (χ4n) is 4.01. The van der Waals surface area contributed by atoms with E-state index in [0.29, 0.717) is 17.0 Å². The number of imidazole rings is 1. The van der Waals surface area contributed by atoms with Crippen LogP contribution in [-0.4, -0.2) is 105 Å². The van der Waals surface area contributed by atoms with Crippen molar-refractivity contribution in [3.05, 3.63) is 11.6 Å². The summed E-state index contributed by atoms with van der Waals surface area (Å²) in [5.74, 6) is -0.222. The number of hydrogen-bond acceptors (Lipinski definition) is 12. The molecule has 2 aromatic heterocycles. The van der Waals surface area contributed by atoms with Gasteiger partial charge < -0.3 is 39.0 Å². The molecule has 2 heterocycles. The number of likely N-dealkylation sites (N-methyl/N-ethyl adjacent to an activating group) is 1. The van der Waals surface area contributed by atoms with Crippen LogP contribution in [0.2, 0.25) is 5.28 Å². The number of carbonyl (C=O) groups is 2. The summed E-state index contributed by atoms with van der Waals surface area (Å²) < 4.78 is 32.3. The number of ether oxygens (including phenoxy) is 3. The normalized spacial score (nSPS) is 17.1. The molecule has 1 amide bonds. The smallest absolute Gasteiger partial charge is 0.438 e. The molecule has 15 nitrogen and oxygen atoms in total. The van der Waals surface area contributed by atoms with Crippen molar-refractivity contribution in [3.63, 3.8) is 0 Å². The highest BCUT2D eigenvalue weighted by atomic mass is 35.5. The Labute approximate surface area is 223 Å². The summed E-state index contributed by atoms with van der Waals surface area (Å²) in [6.07, 6.45) is 1.90. The van der Waals surface area contributed by atoms with Gasteiger partial charge in [0.05, 0.1) is 26.1 Å². The van der Waals surface area contributed by atoms with Crippen LogP contribution in [0.4, 0.5) is 10.6 Å². The summed E-state index contributed by atoms with van der Waals surface area (Å²) in [6.45, 7) is -0.951. The predicted octanol–water partition coefficient (Wildman–Crippen LogP) is 1.61. The molecule has 1 unspecified atom stereocenters. The third-order valence-corrected chi connectivity index (χ3v) is 7.41.